The van der Waals surface area contributed by atoms with Gasteiger partial charge in [-0.2, -0.15) is 0 Å². The zero-order valence-corrected chi connectivity index (χ0v) is 10.5. The van der Waals surface area contributed by atoms with Crippen LogP contribution in [-0.4, -0.2) is 62.5 Å². The van der Waals surface area contributed by atoms with Crippen molar-refractivity contribution in [3.05, 3.63) is 0 Å². The van der Waals surface area contributed by atoms with Gasteiger partial charge in [-0.3, -0.25) is 9.59 Å². The molecule has 0 radical (unpaired) electrons. The molecular formula is C11H20N2O5. The Morgan fingerprint density at radius 3 is 2.94 bits per heavy atom. The molecular weight excluding hydrogens is 240 g/mol. The van der Waals surface area contributed by atoms with Gasteiger partial charge in [0.1, 0.15) is 0 Å². The fourth-order valence-corrected chi connectivity index (χ4v) is 1.69. The third-order valence-corrected chi connectivity index (χ3v) is 2.68. The number of carboxylic acid groups (broad SMARTS) is 1. The van der Waals surface area contributed by atoms with Gasteiger partial charge in [-0.1, -0.05) is 0 Å². The molecule has 1 saturated heterocycles. The highest BCUT2D eigenvalue weighted by Gasteiger charge is 2.18. The Labute approximate surface area is 106 Å². The average molecular weight is 260 g/mol. The lowest BCUT2D eigenvalue weighted by molar-refractivity contribution is -0.140. The fraction of sp³-hybridized carbons (Fsp3) is 0.818. The summed E-state index contributed by atoms with van der Waals surface area (Å²) in [6.45, 7) is 2.28. The van der Waals surface area contributed by atoms with Crippen molar-refractivity contribution >= 4 is 11.9 Å². The Morgan fingerprint density at radius 1 is 1.61 bits per heavy atom. The smallest absolute Gasteiger partial charge is 0.306 e. The van der Waals surface area contributed by atoms with Crippen LogP contribution in [0.3, 0.4) is 0 Å². The summed E-state index contributed by atoms with van der Waals surface area (Å²) in [5, 5.41) is 14.4. The van der Waals surface area contributed by atoms with Crippen LogP contribution >= 0.6 is 0 Å². The van der Waals surface area contributed by atoms with Gasteiger partial charge < -0.3 is 25.2 Å². The Morgan fingerprint density at radius 2 is 2.39 bits per heavy atom. The van der Waals surface area contributed by atoms with E-state index in [-0.39, 0.29) is 31.4 Å². The number of morpholine rings is 1. The molecule has 0 aromatic heterocycles. The van der Waals surface area contributed by atoms with E-state index in [4.69, 9.17) is 14.6 Å². The standard InChI is InChI=1S/C11H20N2O5/c1-17-8(5-11(15)16)7-13-10(14)4-9-6-12-2-3-18-9/h8-9,12H,2-7H2,1H3,(H,13,14)(H,15,16). The van der Waals surface area contributed by atoms with Gasteiger partial charge in [0.2, 0.25) is 5.91 Å². The molecule has 1 heterocycles. The van der Waals surface area contributed by atoms with E-state index in [0.717, 1.165) is 6.54 Å². The topological polar surface area (TPSA) is 96.9 Å². The lowest BCUT2D eigenvalue weighted by atomic mass is 10.2. The summed E-state index contributed by atoms with van der Waals surface area (Å²) >= 11 is 0. The molecule has 0 aromatic carbocycles. The maximum atomic E-state index is 11.6. The predicted molar refractivity (Wildman–Crippen MR) is 63.3 cm³/mol. The third kappa shape index (κ3) is 5.95. The third-order valence-electron chi connectivity index (χ3n) is 2.68. The highest BCUT2D eigenvalue weighted by Crippen LogP contribution is 2.02. The average Bonchev–Trinajstić information content (AvgIpc) is 2.35. The van der Waals surface area contributed by atoms with Crippen molar-refractivity contribution < 1.29 is 24.2 Å². The summed E-state index contributed by atoms with van der Waals surface area (Å²) in [5.74, 6) is -1.10. The SMILES string of the molecule is COC(CNC(=O)CC1CNCCO1)CC(=O)O. The number of carbonyl (C=O) groups is 2. The van der Waals surface area contributed by atoms with Gasteiger partial charge in [0.25, 0.3) is 0 Å². The van der Waals surface area contributed by atoms with Crippen molar-refractivity contribution in [3.8, 4) is 0 Å². The van der Waals surface area contributed by atoms with Crippen LogP contribution in [0.15, 0.2) is 0 Å². The summed E-state index contributed by atoms with van der Waals surface area (Å²) in [7, 11) is 1.42. The van der Waals surface area contributed by atoms with Gasteiger partial charge in [-0.05, 0) is 0 Å². The quantitative estimate of drug-likeness (QED) is 0.541. The van der Waals surface area contributed by atoms with E-state index in [1.165, 1.54) is 7.11 Å². The monoisotopic (exact) mass is 260 g/mol. The summed E-state index contributed by atoms with van der Waals surface area (Å²) < 4.78 is 10.4. The molecule has 7 nitrogen and oxygen atoms in total. The molecule has 104 valence electrons. The summed E-state index contributed by atoms with van der Waals surface area (Å²) in [6, 6.07) is 0. The number of amides is 1. The Kier molecular flexibility index (Phi) is 6.63. The summed E-state index contributed by atoms with van der Waals surface area (Å²) in [4.78, 5) is 22.1. The van der Waals surface area contributed by atoms with Crippen LogP contribution in [-0.2, 0) is 19.1 Å². The highest BCUT2D eigenvalue weighted by molar-refractivity contribution is 5.76. The van der Waals surface area contributed by atoms with Crippen molar-refractivity contribution in [3.63, 3.8) is 0 Å². The maximum Gasteiger partial charge on any atom is 0.306 e. The molecule has 0 spiro atoms. The minimum absolute atomic E-state index is 0.112. The molecule has 7 heteroatoms. The Bertz CT molecular complexity index is 279. The van der Waals surface area contributed by atoms with E-state index < -0.39 is 12.1 Å². The van der Waals surface area contributed by atoms with Crippen molar-refractivity contribution in [2.45, 2.75) is 25.0 Å². The zero-order valence-electron chi connectivity index (χ0n) is 10.5. The minimum Gasteiger partial charge on any atom is -0.481 e. The molecule has 2 unspecified atom stereocenters. The van der Waals surface area contributed by atoms with Gasteiger partial charge in [-0.15, -0.1) is 0 Å². The van der Waals surface area contributed by atoms with Gasteiger partial charge in [0, 0.05) is 26.7 Å². The first-order chi connectivity index (χ1) is 8.61. The van der Waals surface area contributed by atoms with Crippen LogP contribution in [0, 0.1) is 0 Å². The van der Waals surface area contributed by atoms with Crippen LogP contribution in [0.4, 0.5) is 0 Å². The van der Waals surface area contributed by atoms with E-state index in [9.17, 15) is 9.59 Å². The zero-order chi connectivity index (χ0) is 13.4. The normalized spacial score (nSPS) is 21.3. The number of hydrogen-bond donors (Lipinski definition) is 3. The van der Waals surface area contributed by atoms with Gasteiger partial charge >= 0.3 is 5.97 Å². The van der Waals surface area contributed by atoms with Crippen molar-refractivity contribution in [2.24, 2.45) is 0 Å². The number of carboxylic acids is 1. The van der Waals surface area contributed by atoms with E-state index in [1.54, 1.807) is 0 Å². The van der Waals surface area contributed by atoms with Gasteiger partial charge in [0.15, 0.2) is 0 Å². The molecule has 0 bridgehead atoms. The van der Waals surface area contributed by atoms with Crippen LogP contribution in [0.1, 0.15) is 12.8 Å². The predicted octanol–water partition coefficient (Wildman–Crippen LogP) is -1.03. The largest absolute Gasteiger partial charge is 0.481 e. The number of nitrogens with one attached hydrogen (secondary N) is 2. The molecule has 3 N–H and O–H groups in total. The number of rotatable bonds is 7. The van der Waals surface area contributed by atoms with Crippen LogP contribution in [0.25, 0.3) is 0 Å². The first kappa shape index (κ1) is 14.9. The van der Waals surface area contributed by atoms with Gasteiger partial charge in [-0.25, -0.2) is 0 Å². The first-order valence-electron chi connectivity index (χ1n) is 5.95. The molecule has 0 aromatic rings. The number of methoxy groups -OCH3 is 1. The maximum absolute atomic E-state index is 11.6. The molecule has 1 fully saturated rings. The number of hydrogen-bond acceptors (Lipinski definition) is 5. The van der Waals surface area contributed by atoms with Crippen molar-refractivity contribution in [2.75, 3.05) is 33.4 Å². The lowest BCUT2D eigenvalue weighted by Gasteiger charge is -2.23. The van der Waals surface area contributed by atoms with Gasteiger partial charge in [0.05, 0.1) is 31.7 Å². The van der Waals surface area contributed by atoms with Crippen LogP contribution < -0.4 is 10.6 Å². The lowest BCUT2D eigenvalue weighted by Crippen LogP contribution is -2.42. The Hall–Kier alpha value is -1.18. The van der Waals surface area contributed by atoms with E-state index in [1.807, 2.05) is 0 Å². The molecule has 1 rings (SSSR count). The second kappa shape index (κ2) is 8.02. The van der Waals surface area contributed by atoms with Crippen LogP contribution in [0.2, 0.25) is 0 Å². The van der Waals surface area contributed by atoms with Crippen molar-refractivity contribution in [1.82, 2.24) is 10.6 Å². The first-order valence-corrected chi connectivity index (χ1v) is 5.95. The van der Waals surface area contributed by atoms with Crippen molar-refractivity contribution in [1.29, 1.82) is 0 Å². The summed E-state index contributed by atoms with van der Waals surface area (Å²) in [6.07, 6.45) is -0.467. The second-order valence-electron chi connectivity index (χ2n) is 4.16. The Balaban J connectivity index is 2.20. The molecule has 0 saturated carbocycles. The number of carbonyl (C=O) groups excluding carboxylic acids is 1. The summed E-state index contributed by atoms with van der Waals surface area (Å²) in [5.41, 5.74) is 0. The molecule has 18 heavy (non-hydrogen) atoms. The number of ether oxygens (including phenoxy) is 2. The van der Waals surface area contributed by atoms with Crippen LogP contribution in [0.5, 0.6) is 0 Å². The molecule has 1 aliphatic rings. The second-order valence-corrected chi connectivity index (χ2v) is 4.16. The minimum atomic E-state index is -0.948. The molecule has 1 amide bonds. The molecule has 2 atom stereocenters. The van der Waals surface area contributed by atoms with E-state index in [0.29, 0.717) is 13.2 Å². The van der Waals surface area contributed by atoms with E-state index in [2.05, 4.69) is 10.6 Å². The van der Waals surface area contributed by atoms with E-state index >= 15 is 0 Å². The fourth-order valence-electron chi connectivity index (χ4n) is 1.69. The molecule has 1 aliphatic heterocycles. The number of aliphatic carboxylic acids is 1. The molecule has 0 aliphatic carbocycles. The highest BCUT2D eigenvalue weighted by atomic mass is 16.5.